The van der Waals surface area contributed by atoms with Gasteiger partial charge in [-0.1, -0.05) is 39.3 Å². The van der Waals surface area contributed by atoms with Gasteiger partial charge in [-0.25, -0.2) is 4.98 Å². The fourth-order valence-corrected chi connectivity index (χ4v) is 2.91. The zero-order valence-electron chi connectivity index (χ0n) is 11.3. The summed E-state index contributed by atoms with van der Waals surface area (Å²) in [5.41, 5.74) is 0.887. The molecule has 1 N–H and O–H groups in total. The maximum atomic E-state index is 5.95. The van der Waals surface area contributed by atoms with Crippen LogP contribution >= 0.6 is 11.6 Å². The van der Waals surface area contributed by atoms with Crippen LogP contribution in [0.4, 0.5) is 0 Å². The van der Waals surface area contributed by atoms with E-state index in [0.717, 1.165) is 24.8 Å². The Bertz CT molecular complexity index is 406. The van der Waals surface area contributed by atoms with Crippen molar-refractivity contribution >= 4 is 11.6 Å². The van der Waals surface area contributed by atoms with Crippen molar-refractivity contribution in [2.45, 2.75) is 34.2 Å². The van der Waals surface area contributed by atoms with Crippen LogP contribution in [0.5, 0.6) is 0 Å². The van der Waals surface area contributed by atoms with Crippen molar-refractivity contribution in [1.82, 2.24) is 14.9 Å². The van der Waals surface area contributed by atoms with Crippen LogP contribution in [0, 0.1) is 16.7 Å². The summed E-state index contributed by atoms with van der Waals surface area (Å²) in [4.78, 5) is 4.27. The van der Waals surface area contributed by atoms with Crippen molar-refractivity contribution in [1.29, 1.82) is 0 Å². The van der Waals surface area contributed by atoms with E-state index in [4.69, 9.17) is 11.6 Å². The lowest BCUT2D eigenvalue weighted by molar-refractivity contribution is 0.457. The van der Waals surface area contributed by atoms with Crippen LogP contribution in [0.3, 0.4) is 0 Å². The maximum absolute atomic E-state index is 5.95. The Morgan fingerprint density at radius 2 is 1.94 bits per heavy atom. The molecule has 2 rings (SSSR count). The van der Waals surface area contributed by atoms with Crippen LogP contribution in [0.2, 0.25) is 5.15 Å². The summed E-state index contributed by atoms with van der Waals surface area (Å²) >= 11 is 5.95. The molecule has 0 aromatic carbocycles. The van der Waals surface area contributed by atoms with E-state index in [9.17, 15) is 0 Å². The predicted octanol–water partition coefficient (Wildman–Crippen LogP) is 2.85. The first-order chi connectivity index (χ1) is 7.78. The summed E-state index contributed by atoms with van der Waals surface area (Å²) in [6.07, 6.45) is 1.70. The molecule has 96 valence electrons. The summed E-state index contributed by atoms with van der Waals surface area (Å²) in [6.45, 7) is 11.2. The standard InChI is InChI=1S/C13H22ClN3/c1-12(2)9(13(12,3)4)6-15-8-11-16-7-10(14)17(11)5/h7,9,15H,6,8H2,1-5H3. The number of nitrogens with zero attached hydrogens (tertiary/aromatic N) is 2. The maximum Gasteiger partial charge on any atom is 0.128 e. The molecule has 1 saturated carbocycles. The Morgan fingerprint density at radius 1 is 1.35 bits per heavy atom. The van der Waals surface area contributed by atoms with Gasteiger partial charge in [0.1, 0.15) is 11.0 Å². The van der Waals surface area contributed by atoms with Gasteiger partial charge in [0, 0.05) is 7.05 Å². The van der Waals surface area contributed by atoms with E-state index in [1.807, 2.05) is 11.6 Å². The third kappa shape index (κ3) is 2.00. The molecule has 0 radical (unpaired) electrons. The van der Waals surface area contributed by atoms with Crippen molar-refractivity contribution in [2.75, 3.05) is 6.54 Å². The lowest BCUT2D eigenvalue weighted by Gasteiger charge is -2.06. The molecule has 1 aromatic heterocycles. The quantitative estimate of drug-likeness (QED) is 0.897. The highest BCUT2D eigenvalue weighted by atomic mass is 35.5. The Kier molecular flexibility index (Phi) is 3.03. The first-order valence-corrected chi connectivity index (χ1v) is 6.53. The summed E-state index contributed by atoms with van der Waals surface area (Å²) in [5, 5.41) is 4.18. The first-order valence-electron chi connectivity index (χ1n) is 6.15. The third-order valence-electron chi connectivity index (χ3n) is 4.98. The molecule has 17 heavy (non-hydrogen) atoms. The van der Waals surface area contributed by atoms with Crippen molar-refractivity contribution in [3.05, 3.63) is 17.2 Å². The lowest BCUT2D eigenvalue weighted by atomic mass is 10.0. The molecule has 0 bridgehead atoms. The molecule has 1 fully saturated rings. The molecule has 0 atom stereocenters. The Balaban J connectivity index is 1.84. The van der Waals surface area contributed by atoms with Crippen LogP contribution in [0.1, 0.15) is 33.5 Å². The van der Waals surface area contributed by atoms with Gasteiger partial charge in [-0.15, -0.1) is 0 Å². The Morgan fingerprint density at radius 3 is 2.35 bits per heavy atom. The number of halogens is 1. The fraction of sp³-hybridized carbons (Fsp3) is 0.769. The molecule has 4 heteroatoms. The second kappa shape index (κ2) is 3.99. The van der Waals surface area contributed by atoms with Gasteiger partial charge in [-0.05, 0) is 23.3 Å². The molecule has 1 aliphatic carbocycles. The van der Waals surface area contributed by atoms with Gasteiger partial charge < -0.3 is 9.88 Å². The largest absolute Gasteiger partial charge is 0.321 e. The number of hydrogen-bond acceptors (Lipinski definition) is 2. The predicted molar refractivity (Wildman–Crippen MR) is 71.0 cm³/mol. The molecule has 0 amide bonds. The molecule has 0 saturated heterocycles. The van der Waals surface area contributed by atoms with E-state index < -0.39 is 0 Å². The summed E-state index contributed by atoms with van der Waals surface area (Å²) < 4.78 is 1.91. The highest BCUT2D eigenvalue weighted by Gasteiger charge is 2.63. The molecule has 1 aromatic rings. The minimum atomic E-state index is 0.444. The molecule has 1 heterocycles. The molecule has 3 nitrogen and oxygen atoms in total. The van der Waals surface area contributed by atoms with E-state index >= 15 is 0 Å². The van der Waals surface area contributed by atoms with Crippen molar-refractivity contribution in [3.63, 3.8) is 0 Å². The molecule has 0 unspecified atom stereocenters. The zero-order chi connectivity index (χ0) is 12.8. The van der Waals surface area contributed by atoms with E-state index in [-0.39, 0.29) is 0 Å². The highest BCUT2D eigenvalue weighted by molar-refractivity contribution is 6.29. The zero-order valence-corrected chi connectivity index (χ0v) is 12.1. The van der Waals surface area contributed by atoms with E-state index in [1.54, 1.807) is 6.20 Å². The lowest BCUT2D eigenvalue weighted by Crippen LogP contribution is -2.20. The number of imidazole rings is 1. The number of nitrogens with one attached hydrogen (secondary N) is 1. The Labute approximate surface area is 109 Å². The fourth-order valence-electron chi connectivity index (χ4n) is 2.76. The average Bonchev–Trinajstić information content (AvgIpc) is 2.51. The third-order valence-corrected chi connectivity index (χ3v) is 5.33. The van der Waals surface area contributed by atoms with Crippen LogP contribution in [-0.2, 0) is 13.6 Å². The van der Waals surface area contributed by atoms with E-state index in [0.29, 0.717) is 16.0 Å². The van der Waals surface area contributed by atoms with Gasteiger partial charge in [-0.2, -0.15) is 0 Å². The van der Waals surface area contributed by atoms with Gasteiger partial charge in [-0.3, -0.25) is 0 Å². The van der Waals surface area contributed by atoms with Crippen molar-refractivity contribution in [3.8, 4) is 0 Å². The van der Waals surface area contributed by atoms with Gasteiger partial charge in [0.25, 0.3) is 0 Å². The van der Waals surface area contributed by atoms with E-state index in [1.165, 1.54) is 0 Å². The topological polar surface area (TPSA) is 29.9 Å². The smallest absolute Gasteiger partial charge is 0.128 e. The molecular weight excluding hydrogens is 234 g/mol. The number of aromatic nitrogens is 2. The van der Waals surface area contributed by atoms with Crippen molar-refractivity contribution in [2.24, 2.45) is 23.8 Å². The monoisotopic (exact) mass is 255 g/mol. The summed E-state index contributed by atoms with van der Waals surface area (Å²) in [5.74, 6) is 1.73. The van der Waals surface area contributed by atoms with Crippen LogP contribution in [0.25, 0.3) is 0 Å². The number of hydrogen-bond donors (Lipinski definition) is 1. The molecular formula is C13H22ClN3. The van der Waals surface area contributed by atoms with Crippen LogP contribution in [0.15, 0.2) is 6.20 Å². The minimum Gasteiger partial charge on any atom is -0.321 e. The van der Waals surface area contributed by atoms with Gasteiger partial charge in [0.2, 0.25) is 0 Å². The number of rotatable bonds is 4. The van der Waals surface area contributed by atoms with Gasteiger partial charge in [0.15, 0.2) is 0 Å². The normalized spacial score (nSPS) is 21.8. The summed E-state index contributed by atoms with van der Waals surface area (Å²) in [7, 11) is 1.94. The molecule has 0 spiro atoms. The average molecular weight is 256 g/mol. The Hall–Kier alpha value is -0.540. The van der Waals surface area contributed by atoms with Gasteiger partial charge >= 0.3 is 0 Å². The van der Waals surface area contributed by atoms with Crippen LogP contribution < -0.4 is 5.32 Å². The van der Waals surface area contributed by atoms with E-state index in [2.05, 4.69) is 38.0 Å². The minimum absolute atomic E-state index is 0.444. The molecule has 0 aliphatic heterocycles. The van der Waals surface area contributed by atoms with Crippen LogP contribution in [-0.4, -0.2) is 16.1 Å². The first kappa shape index (κ1) is 12.9. The SMILES string of the molecule is Cn1c(Cl)cnc1CNCC1C(C)(C)C1(C)C. The second-order valence-corrected chi connectivity index (χ2v) is 6.57. The summed E-state index contributed by atoms with van der Waals surface area (Å²) in [6, 6.07) is 0. The molecule has 1 aliphatic rings. The highest BCUT2D eigenvalue weighted by Crippen LogP contribution is 2.67. The second-order valence-electron chi connectivity index (χ2n) is 6.18. The van der Waals surface area contributed by atoms with Gasteiger partial charge in [0.05, 0.1) is 12.7 Å². The van der Waals surface area contributed by atoms with Crippen molar-refractivity contribution < 1.29 is 0 Å².